The van der Waals surface area contributed by atoms with Gasteiger partial charge in [-0.25, -0.2) is 24.4 Å². The second kappa shape index (κ2) is 40.3. The summed E-state index contributed by atoms with van der Waals surface area (Å²) in [5, 5.41) is 18.7. The number of urea groups is 1. The van der Waals surface area contributed by atoms with Crippen LogP contribution < -0.4 is 16.0 Å². The quantitative estimate of drug-likeness (QED) is 0.0210. The largest absolute Gasteiger partial charge is 0.459 e. The molecule has 0 aliphatic carbocycles. The first-order valence-corrected chi connectivity index (χ1v) is 34.7. The number of nitrogens with one attached hydrogen (secondary N) is 3. The maximum Gasteiger partial charge on any atom is 0.329 e. The Morgan fingerprint density at radius 2 is 0.798 bits per heavy atom. The first kappa shape index (κ1) is 87.9. The molecule has 0 saturated heterocycles. The van der Waals surface area contributed by atoms with E-state index in [1.54, 1.807) is 179 Å². The highest BCUT2D eigenvalue weighted by atomic mass is 16.6. The lowest BCUT2D eigenvalue weighted by molar-refractivity contribution is -0.171. The molecule has 0 aliphatic heterocycles. The molecular formula is C71H122N10O18. The number of hydrogen-bond acceptors (Lipinski definition) is 21. The van der Waals surface area contributed by atoms with Crippen molar-refractivity contribution in [1.29, 1.82) is 0 Å². The van der Waals surface area contributed by atoms with Crippen LogP contribution in [-0.2, 0) is 102 Å². The van der Waals surface area contributed by atoms with Crippen LogP contribution >= 0.6 is 0 Å². The standard InChI is InChI=1S/C71H122N10O18/c1-65(2,3)93-57(85)35-34-51(63(91)99-71(19,20)21)76-64(92)75-50(62(90)98-70(16,17)18)32-29-30-36-74-54(82)33-28-26-24-22-23-25-27-31-39-77(42-52-72-37-40-78(52)44-55(83)80(46-58(86)94-66(4,5)6)47-59(87)95-67(7,8)9)43-53-73-38-41-79(53)45-56(84)81(48-60(88)96-68(10,11)12)49-61(89)97-69(13,14)15/h37-38,40-41,50-51,57,85H,22-36,39,42-49H2,1-21H3,(H,74,82)(H2,75,76,92). The van der Waals surface area contributed by atoms with Crippen molar-refractivity contribution < 1.29 is 86.2 Å². The lowest BCUT2D eigenvalue weighted by Crippen LogP contribution is -2.53. The monoisotopic (exact) mass is 1400 g/mol. The van der Waals surface area contributed by atoms with Gasteiger partial charge in [0.1, 0.15) is 96.6 Å². The van der Waals surface area contributed by atoms with Crippen molar-refractivity contribution >= 4 is 59.6 Å². The molecule has 3 atom stereocenters. The zero-order chi connectivity index (χ0) is 75.3. The van der Waals surface area contributed by atoms with E-state index in [0.29, 0.717) is 50.4 Å². The van der Waals surface area contributed by atoms with Crippen LogP contribution in [0.1, 0.15) is 247 Å². The van der Waals surface area contributed by atoms with Gasteiger partial charge < -0.3 is 73.1 Å². The maximum absolute atomic E-state index is 14.1. The average molecular weight is 1400 g/mol. The fourth-order valence-electron chi connectivity index (χ4n) is 9.81. The minimum atomic E-state index is -1.21. The number of aliphatic hydroxyl groups is 1. The minimum absolute atomic E-state index is 0.00713. The van der Waals surface area contributed by atoms with E-state index in [9.17, 15) is 53.1 Å². The molecule has 2 aromatic heterocycles. The zero-order valence-corrected chi connectivity index (χ0v) is 63.5. The Labute approximate surface area is 588 Å². The molecule has 0 radical (unpaired) electrons. The highest BCUT2D eigenvalue weighted by molar-refractivity contribution is 5.88. The summed E-state index contributed by atoms with van der Waals surface area (Å²) in [5.74, 6) is -4.38. The topological polar surface area (TPSA) is 337 Å². The van der Waals surface area contributed by atoms with E-state index < -0.39 is 137 Å². The number of unbranched alkanes of at least 4 members (excludes halogenated alkanes) is 8. The number of ether oxygens (including phenoxy) is 7. The van der Waals surface area contributed by atoms with Crippen molar-refractivity contribution in [3.8, 4) is 0 Å². The van der Waals surface area contributed by atoms with Crippen LogP contribution in [0.4, 0.5) is 4.79 Å². The van der Waals surface area contributed by atoms with E-state index in [2.05, 4.69) is 30.8 Å². The zero-order valence-electron chi connectivity index (χ0n) is 63.5. The van der Waals surface area contributed by atoms with Crippen LogP contribution in [0.5, 0.6) is 0 Å². The number of carbonyl (C=O) groups excluding carboxylic acids is 10. The van der Waals surface area contributed by atoms with Crippen LogP contribution in [0.25, 0.3) is 0 Å². The van der Waals surface area contributed by atoms with E-state index in [-0.39, 0.29) is 51.3 Å². The lowest BCUT2D eigenvalue weighted by atomic mass is 10.1. The first-order chi connectivity index (χ1) is 45.4. The third-order valence-electron chi connectivity index (χ3n) is 13.7. The van der Waals surface area contributed by atoms with E-state index in [0.717, 1.165) is 54.7 Å². The summed E-state index contributed by atoms with van der Waals surface area (Å²) < 4.78 is 42.1. The first-order valence-electron chi connectivity index (χ1n) is 34.7. The second-order valence-corrected chi connectivity index (χ2v) is 32.0. The molecular weight excluding hydrogens is 1280 g/mol. The molecule has 564 valence electrons. The number of hydrogen-bond donors (Lipinski definition) is 4. The highest BCUT2D eigenvalue weighted by Crippen LogP contribution is 2.20. The molecule has 4 N–H and O–H groups in total. The van der Waals surface area contributed by atoms with E-state index in [1.165, 1.54) is 0 Å². The van der Waals surface area contributed by atoms with Gasteiger partial charge in [-0.1, -0.05) is 38.5 Å². The lowest BCUT2D eigenvalue weighted by Gasteiger charge is -2.28. The van der Waals surface area contributed by atoms with Gasteiger partial charge in [-0.2, -0.15) is 0 Å². The third kappa shape index (κ3) is 42.5. The summed E-state index contributed by atoms with van der Waals surface area (Å²) in [6.07, 6.45) is 13.6. The highest BCUT2D eigenvalue weighted by Gasteiger charge is 2.34. The molecule has 99 heavy (non-hydrogen) atoms. The van der Waals surface area contributed by atoms with Gasteiger partial charge in [0.25, 0.3) is 0 Å². The predicted octanol–water partition coefficient (Wildman–Crippen LogP) is 8.54. The minimum Gasteiger partial charge on any atom is -0.459 e. The number of aliphatic hydroxyl groups excluding tert-OH is 1. The summed E-state index contributed by atoms with van der Waals surface area (Å²) >= 11 is 0. The number of aromatic nitrogens is 4. The van der Waals surface area contributed by atoms with Crippen molar-refractivity contribution in [1.82, 2.24) is 49.8 Å². The molecule has 2 rings (SSSR count). The van der Waals surface area contributed by atoms with Crippen LogP contribution in [-0.4, -0.2) is 195 Å². The summed E-state index contributed by atoms with van der Waals surface area (Å²) in [6.45, 7) is 34.8. The number of amides is 5. The van der Waals surface area contributed by atoms with Gasteiger partial charge in [-0.3, -0.25) is 38.5 Å². The normalized spacial score (nSPS) is 13.3. The predicted molar refractivity (Wildman–Crippen MR) is 371 cm³/mol. The Morgan fingerprint density at radius 3 is 1.16 bits per heavy atom. The van der Waals surface area contributed by atoms with Gasteiger partial charge >= 0.3 is 41.8 Å². The van der Waals surface area contributed by atoms with Crippen molar-refractivity contribution in [2.24, 2.45) is 0 Å². The van der Waals surface area contributed by atoms with E-state index >= 15 is 0 Å². The molecule has 28 nitrogen and oxygen atoms in total. The van der Waals surface area contributed by atoms with Gasteiger partial charge in [0, 0.05) is 44.2 Å². The fraction of sp³-hybridized carbons (Fsp3) is 0.775. The van der Waals surface area contributed by atoms with Gasteiger partial charge in [0.15, 0.2) is 6.29 Å². The molecule has 0 aromatic carbocycles. The number of imidazole rings is 2. The van der Waals surface area contributed by atoms with E-state index in [1.807, 2.05) is 0 Å². The SMILES string of the molecule is CC(C)(C)OC(=O)CN(CC(=O)OC(C)(C)C)C(=O)Cn1ccnc1CN(CCCCCCCCCCC(=O)NCCCCC(NC(=O)NC(CCC(O)OC(C)(C)C)C(=O)OC(C)(C)C)C(=O)OC(C)(C)C)Cc1nccn1CC(=O)N(CC(=O)OC(C)(C)C)CC(=O)OC(C)(C)C. The molecule has 2 heterocycles. The number of esters is 6. The van der Waals surface area contributed by atoms with Crippen molar-refractivity contribution in [2.45, 2.75) is 319 Å². The summed E-state index contributed by atoms with van der Waals surface area (Å²) in [7, 11) is 0. The van der Waals surface area contributed by atoms with Crippen LogP contribution in [0.2, 0.25) is 0 Å². The van der Waals surface area contributed by atoms with Crippen molar-refractivity contribution in [3.05, 3.63) is 36.4 Å². The maximum atomic E-state index is 14.1. The molecule has 0 spiro atoms. The summed E-state index contributed by atoms with van der Waals surface area (Å²) in [5.41, 5.74) is -5.75. The molecule has 0 fully saturated rings. The van der Waals surface area contributed by atoms with Crippen LogP contribution in [0, 0.1) is 0 Å². The van der Waals surface area contributed by atoms with Gasteiger partial charge in [0.05, 0.1) is 18.7 Å². The summed E-state index contributed by atoms with van der Waals surface area (Å²) in [4.78, 5) is 147. The van der Waals surface area contributed by atoms with Crippen LogP contribution in [0.15, 0.2) is 24.8 Å². The third-order valence-corrected chi connectivity index (χ3v) is 13.7. The Morgan fingerprint density at radius 1 is 0.444 bits per heavy atom. The molecule has 0 aliphatic rings. The molecule has 3 unspecified atom stereocenters. The number of carbonyl (C=O) groups is 10. The molecule has 0 saturated carbocycles. The molecule has 0 bridgehead atoms. The number of nitrogens with zero attached hydrogens (tertiary/aromatic N) is 7. The van der Waals surface area contributed by atoms with Gasteiger partial charge in [0.2, 0.25) is 17.7 Å². The van der Waals surface area contributed by atoms with Gasteiger partial charge in [-0.15, -0.1) is 0 Å². The Kier molecular flexibility index (Phi) is 35.8. The Hall–Kier alpha value is -7.20. The van der Waals surface area contributed by atoms with E-state index in [4.69, 9.17) is 33.2 Å². The smallest absolute Gasteiger partial charge is 0.329 e. The number of rotatable bonds is 40. The summed E-state index contributed by atoms with van der Waals surface area (Å²) in [6, 6.07) is -3.03. The fourth-order valence-corrected chi connectivity index (χ4v) is 9.81. The van der Waals surface area contributed by atoms with Crippen molar-refractivity contribution in [2.75, 3.05) is 39.3 Å². The molecule has 5 amide bonds. The average Bonchev–Trinajstić information content (AvgIpc) is 1.80. The Bertz CT molecular complexity index is 2720. The van der Waals surface area contributed by atoms with Crippen molar-refractivity contribution in [3.63, 3.8) is 0 Å². The van der Waals surface area contributed by atoms with Gasteiger partial charge in [-0.05, 0) is 190 Å². The van der Waals surface area contributed by atoms with Crippen LogP contribution in [0.3, 0.4) is 0 Å². The second-order valence-electron chi connectivity index (χ2n) is 32.0. The Balaban J connectivity index is 2.13. The molecule has 28 heteroatoms. The molecule has 2 aromatic rings.